The molecule has 2 saturated heterocycles. The molecule has 1 aromatic carbocycles. The number of guanidine groups is 1. The normalized spacial score (nSPS) is 20.3. The molecule has 7 nitrogen and oxygen atoms in total. The van der Waals surface area contributed by atoms with Gasteiger partial charge in [0.25, 0.3) is 0 Å². The van der Waals surface area contributed by atoms with Crippen molar-refractivity contribution in [1.29, 1.82) is 0 Å². The summed E-state index contributed by atoms with van der Waals surface area (Å²) >= 11 is 0. The maximum Gasteiger partial charge on any atom is 0.194 e. The Kier molecular flexibility index (Phi) is 7.18. The Morgan fingerprint density at radius 1 is 1.20 bits per heavy atom. The van der Waals surface area contributed by atoms with Gasteiger partial charge in [-0.15, -0.1) is 0 Å². The summed E-state index contributed by atoms with van der Waals surface area (Å²) in [6.07, 6.45) is 2.13. The summed E-state index contributed by atoms with van der Waals surface area (Å²) in [6.45, 7) is 5.75. The fourth-order valence-corrected chi connectivity index (χ4v) is 5.13. The van der Waals surface area contributed by atoms with E-state index in [4.69, 9.17) is 4.74 Å². The largest absolute Gasteiger partial charge is 0.381 e. The number of nitrogens with zero attached hydrogens (tertiary/aromatic N) is 3. The zero-order valence-corrected chi connectivity index (χ0v) is 18.4. The second-order valence-electron chi connectivity index (χ2n) is 7.81. The maximum absolute atomic E-state index is 14.1. The summed E-state index contributed by atoms with van der Waals surface area (Å²) in [5.41, 5.74) is 0.259. The van der Waals surface area contributed by atoms with Crippen molar-refractivity contribution < 1.29 is 21.9 Å². The number of halogens is 2. The SMILES string of the molecule is CCNC(=NCC1(S(C)(=O)=O)CCOCC1)N1CCN(c2cc(F)ccc2F)CC1. The van der Waals surface area contributed by atoms with Crippen LogP contribution in [0.25, 0.3) is 0 Å². The van der Waals surface area contributed by atoms with Crippen LogP contribution in [-0.4, -0.2) is 82.8 Å². The van der Waals surface area contributed by atoms with Gasteiger partial charge in [0.15, 0.2) is 15.8 Å². The third-order valence-corrected chi connectivity index (χ3v) is 7.98. The van der Waals surface area contributed by atoms with Gasteiger partial charge in [-0.3, -0.25) is 4.99 Å². The Morgan fingerprint density at radius 3 is 2.47 bits per heavy atom. The molecule has 0 atom stereocenters. The number of ether oxygens (including phenoxy) is 1. The Balaban J connectivity index is 1.71. The number of hydrogen-bond donors (Lipinski definition) is 1. The van der Waals surface area contributed by atoms with Gasteiger partial charge < -0.3 is 19.9 Å². The number of rotatable bonds is 5. The third-order valence-electron chi connectivity index (χ3n) is 5.87. The van der Waals surface area contributed by atoms with Crippen LogP contribution in [0.4, 0.5) is 14.5 Å². The Labute approximate surface area is 177 Å². The lowest BCUT2D eigenvalue weighted by Crippen LogP contribution is -2.53. The van der Waals surface area contributed by atoms with Gasteiger partial charge in [0.1, 0.15) is 11.6 Å². The summed E-state index contributed by atoms with van der Waals surface area (Å²) in [5, 5.41) is 3.23. The number of piperazine rings is 1. The molecular weight excluding hydrogens is 414 g/mol. The van der Waals surface area contributed by atoms with Crippen LogP contribution in [0, 0.1) is 11.6 Å². The van der Waals surface area contributed by atoms with Gasteiger partial charge in [0.05, 0.1) is 17.0 Å². The molecule has 0 saturated carbocycles. The first-order chi connectivity index (χ1) is 14.3. The smallest absolute Gasteiger partial charge is 0.194 e. The molecule has 0 unspecified atom stereocenters. The molecule has 2 fully saturated rings. The zero-order chi connectivity index (χ0) is 21.8. The van der Waals surface area contributed by atoms with E-state index in [0.717, 1.165) is 12.1 Å². The number of hydrogen-bond acceptors (Lipinski definition) is 5. The van der Waals surface area contributed by atoms with E-state index < -0.39 is 26.2 Å². The standard InChI is InChI=1S/C20H30F2N4O3S/c1-3-23-19(24-15-20(30(2,27)28)6-12-29-13-7-20)26-10-8-25(9-11-26)18-14-16(21)4-5-17(18)22/h4-5,14H,3,6-13,15H2,1-2H3,(H,23,24). The van der Waals surface area contributed by atoms with Crippen LogP contribution in [0.3, 0.4) is 0 Å². The number of anilines is 1. The molecule has 2 heterocycles. The molecule has 30 heavy (non-hydrogen) atoms. The highest BCUT2D eigenvalue weighted by molar-refractivity contribution is 7.92. The molecule has 0 amide bonds. The van der Waals surface area contributed by atoms with Gasteiger partial charge in [0, 0.05) is 58.3 Å². The van der Waals surface area contributed by atoms with Gasteiger partial charge in [0.2, 0.25) is 0 Å². The highest BCUT2D eigenvalue weighted by Crippen LogP contribution is 2.30. The van der Waals surface area contributed by atoms with Crippen molar-refractivity contribution >= 4 is 21.5 Å². The molecule has 1 aromatic rings. The van der Waals surface area contributed by atoms with Crippen molar-refractivity contribution in [2.24, 2.45) is 4.99 Å². The van der Waals surface area contributed by atoms with Crippen LogP contribution < -0.4 is 10.2 Å². The first-order valence-electron chi connectivity index (χ1n) is 10.3. The number of sulfone groups is 1. The van der Waals surface area contributed by atoms with Crippen molar-refractivity contribution in [2.45, 2.75) is 24.5 Å². The van der Waals surface area contributed by atoms with Gasteiger partial charge in [-0.2, -0.15) is 0 Å². The topological polar surface area (TPSA) is 74.2 Å². The molecule has 0 radical (unpaired) electrons. The second kappa shape index (κ2) is 9.47. The van der Waals surface area contributed by atoms with E-state index >= 15 is 0 Å². The van der Waals surface area contributed by atoms with Crippen molar-refractivity contribution in [3.05, 3.63) is 29.8 Å². The minimum absolute atomic E-state index is 0.177. The van der Waals surface area contributed by atoms with Gasteiger partial charge >= 0.3 is 0 Å². The Hall–Kier alpha value is -1.94. The lowest BCUT2D eigenvalue weighted by Gasteiger charge is -2.38. The van der Waals surface area contributed by atoms with Crippen LogP contribution in [0.5, 0.6) is 0 Å². The lowest BCUT2D eigenvalue weighted by atomic mass is 9.99. The Morgan fingerprint density at radius 2 is 1.87 bits per heavy atom. The fourth-order valence-electron chi connectivity index (χ4n) is 3.92. The van der Waals surface area contributed by atoms with Crippen LogP contribution >= 0.6 is 0 Å². The van der Waals surface area contributed by atoms with Crippen LogP contribution in [0.1, 0.15) is 19.8 Å². The molecule has 168 valence electrons. The zero-order valence-electron chi connectivity index (χ0n) is 17.5. The molecule has 0 spiro atoms. The van der Waals surface area contributed by atoms with E-state index in [-0.39, 0.29) is 12.2 Å². The molecule has 0 aliphatic carbocycles. The fraction of sp³-hybridized carbons (Fsp3) is 0.650. The van der Waals surface area contributed by atoms with Crippen LogP contribution in [0.15, 0.2) is 23.2 Å². The van der Waals surface area contributed by atoms with Crippen LogP contribution in [0.2, 0.25) is 0 Å². The van der Waals surface area contributed by atoms with Gasteiger partial charge in [-0.1, -0.05) is 0 Å². The average Bonchev–Trinajstić information content (AvgIpc) is 2.73. The summed E-state index contributed by atoms with van der Waals surface area (Å²) in [4.78, 5) is 8.52. The number of nitrogens with one attached hydrogen (secondary N) is 1. The molecule has 2 aliphatic rings. The van der Waals surface area contributed by atoms with Crippen molar-refractivity contribution in [3.8, 4) is 0 Å². The van der Waals surface area contributed by atoms with Crippen LogP contribution in [-0.2, 0) is 14.6 Å². The van der Waals surface area contributed by atoms with E-state index in [9.17, 15) is 17.2 Å². The van der Waals surface area contributed by atoms with Gasteiger partial charge in [-0.05, 0) is 31.9 Å². The second-order valence-corrected chi connectivity index (χ2v) is 10.2. The van der Waals surface area contributed by atoms with Crippen molar-refractivity contribution in [1.82, 2.24) is 10.2 Å². The molecular formula is C20H30F2N4O3S. The monoisotopic (exact) mass is 444 g/mol. The quantitative estimate of drug-likeness (QED) is 0.550. The molecule has 10 heteroatoms. The average molecular weight is 445 g/mol. The molecule has 3 rings (SSSR count). The Bertz CT molecular complexity index is 865. The van der Waals surface area contributed by atoms with Crippen molar-refractivity contribution in [3.63, 3.8) is 0 Å². The predicted octanol–water partition coefficient (Wildman–Crippen LogP) is 1.65. The molecule has 0 aromatic heterocycles. The van der Waals surface area contributed by atoms with E-state index in [0.29, 0.717) is 64.7 Å². The minimum Gasteiger partial charge on any atom is -0.381 e. The third kappa shape index (κ3) is 5.03. The van der Waals surface area contributed by atoms with E-state index in [2.05, 4.69) is 10.3 Å². The first kappa shape index (κ1) is 22.7. The summed E-state index contributed by atoms with van der Waals surface area (Å²) in [5.74, 6) is -0.266. The molecule has 2 aliphatic heterocycles. The van der Waals surface area contributed by atoms with E-state index in [1.54, 1.807) is 0 Å². The highest BCUT2D eigenvalue weighted by atomic mass is 32.2. The number of aliphatic imine (C=N–C) groups is 1. The summed E-state index contributed by atoms with van der Waals surface area (Å²) in [7, 11) is -3.30. The van der Waals surface area contributed by atoms with Gasteiger partial charge in [-0.25, -0.2) is 17.2 Å². The summed E-state index contributed by atoms with van der Waals surface area (Å²) in [6, 6.07) is 3.46. The maximum atomic E-state index is 14.1. The first-order valence-corrected chi connectivity index (χ1v) is 12.2. The van der Waals surface area contributed by atoms with E-state index in [1.807, 2.05) is 16.7 Å². The number of benzene rings is 1. The molecule has 1 N–H and O–H groups in total. The van der Waals surface area contributed by atoms with E-state index in [1.165, 1.54) is 12.3 Å². The van der Waals surface area contributed by atoms with Crippen molar-refractivity contribution in [2.75, 3.05) is 63.6 Å². The lowest BCUT2D eigenvalue weighted by molar-refractivity contribution is 0.0767. The molecule has 0 bridgehead atoms. The summed E-state index contributed by atoms with van der Waals surface area (Å²) < 4.78 is 57.0. The predicted molar refractivity (Wildman–Crippen MR) is 114 cm³/mol. The highest BCUT2D eigenvalue weighted by Gasteiger charge is 2.42. The minimum atomic E-state index is -3.30.